The van der Waals surface area contributed by atoms with Gasteiger partial charge in [-0.15, -0.1) is 0 Å². The minimum Gasteiger partial charge on any atom is -0.305 e. The number of hydrogen-bond donors (Lipinski definition) is 1. The molecule has 3 rings (SSSR count). The zero-order valence-electron chi connectivity index (χ0n) is 11.1. The molecule has 1 aromatic carbocycles. The van der Waals surface area contributed by atoms with E-state index in [1.807, 2.05) is 26.0 Å². The van der Waals surface area contributed by atoms with Crippen molar-refractivity contribution in [2.45, 2.75) is 13.8 Å². The zero-order valence-corrected chi connectivity index (χ0v) is 11.1. The molecule has 5 heteroatoms. The molecule has 100 valence electrons. The van der Waals surface area contributed by atoms with Crippen molar-refractivity contribution in [1.82, 2.24) is 15.0 Å². The Morgan fingerprint density at radius 3 is 2.65 bits per heavy atom. The maximum atomic E-state index is 13.3. The van der Waals surface area contributed by atoms with E-state index in [2.05, 4.69) is 15.0 Å². The standard InChI is InChI=1S/C15H12FN3O/c1-8-5-9(2)17-13(6-8)14-18-12-7-10(16)3-4-11(12)15(20)19-14/h3-7H,1-2H3,(H,18,19,20). The van der Waals surface area contributed by atoms with E-state index in [1.54, 1.807) is 0 Å². The molecule has 0 saturated carbocycles. The number of halogens is 1. The maximum Gasteiger partial charge on any atom is 0.259 e. The van der Waals surface area contributed by atoms with Crippen molar-refractivity contribution in [3.05, 3.63) is 57.8 Å². The molecule has 0 radical (unpaired) electrons. The Morgan fingerprint density at radius 2 is 1.90 bits per heavy atom. The van der Waals surface area contributed by atoms with E-state index in [4.69, 9.17) is 0 Å². The zero-order chi connectivity index (χ0) is 14.3. The molecule has 0 saturated heterocycles. The summed E-state index contributed by atoms with van der Waals surface area (Å²) in [5.74, 6) is -0.0742. The number of nitrogens with one attached hydrogen (secondary N) is 1. The molecule has 0 aliphatic rings. The van der Waals surface area contributed by atoms with E-state index >= 15 is 0 Å². The lowest BCUT2D eigenvalue weighted by atomic mass is 10.2. The number of aromatic amines is 1. The molecular weight excluding hydrogens is 257 g/mol. The lowest BCUT2D eigenvalue weighted by Gasteiger charge is -2.05. The molecule has 20 heavy (non-hydrogen) atoms. The highest BCUT2D eigenvalue weighted by atomic mass is 19.1. The van der Waals surface area contributed by atoms with Crippen molar-refractivity contribution in [2.24, 2.45) is 0 Å². The van der Waals surface area contributed by atoms with E-state index in [-0.39, 0.29) is 5.56 Å². The first-order valence-corrected chi connectivity index (χ1v) is 6.18. The first kappa shape index (κ1) is 12.5. The van der Waals surface area contributed by atoms with Crippen LogP contribution in [0.5, 0.6) is 0 Å². The van der Waals surface area contributed by atoms with Crippen molar-refractivity contribution < 1.29 is 4.39 Å². The van der Waals surface area contributed by atoms with Crippen LogP contribution in [0.3, 0.4) is 0 Å². The third-order valence-electron chi connectivity index (χ3n) is 3.01. The van der Waals surface area contributed by atoms with E-state index in [0.717, 1.165) is 11.3 Å². The second kappa shape index (κ2) is 4.52. The molecule has 0 unspecified atom stereocenters. The SMILES string of the molecule is Cc1cc(C)nc(-c2nc3cc(F)ccc3c(=O)[nH]2)c1. The Kier molecular flexibility index (Phi) is 2.82. The van der Waals surface area contributed by atoms with Crippen LogP contribution in [-0.4, -0.2) is 15.0 Å². The summed E-state index contributed by atoms with van der Waals surface area (Å²) in [6.45, 7) is 3.81. The predicted octanol–water partition coefficient (Wildman–Crippen LogP) is 2.74. The average Bonchev–Trinajstić information content (AvgIpc) is 2.36. The lowest BCUT2D eigenvalue weighted by Crippen LogP contribution is -2.10. The van der Waals surface area contributed by atoms with Gasteiger partial charge in [-0.25, -0.2) is 14.4 Å². The van der Waals surface area contributed by atoms with Gasteiger partial charge >= 0.3 is 0 Å². The second-order valence-electron chi connectivity index (χ2n) is 4.75. The Balaban J connectivity index is 2.29. The van der Waals surface area contributed by atoms with E-state index in [0.29, 0.717) is 22.4 Å². The van der Waals surface area contributed by atoms with Crippen molar-refractivity contribution in [3.63, 3.8) is 0 Å². The number of benzene rings is 1. The van der Waals surface area contributed by atoms with Crippen LogP contribution in [0.25, 0.3) is 22.4 Å². The Labute approximate surface area is 114 Å². The van der Waals surface area contributed by atoms with E-state index in [1.165, 1.54) is 18.2 Å². The van der Waals surface area contributed by atoms with Gasteiger partial charge in [-0.1, -0.05) is 0 Å². The van der Waals surface area contributed by atoms with Crippen LogP contribution in [0, 0.1) is 19.7 Å². The third kappa shape index (κ3) is 2.18. The van der Waals surface area contributed by atoms with Crippen molar-refractivity contribution in [1.29, 1.82) is 0 Å². The smallest absolute Gasteiger partial charge is 0.259 e. The fraction of sp³-hybridized carbons (Fsp3) is 0.133. The maximum absolute atomic E-state index is 13.3. The Morgan fingerprint density at radius 1 is 1.10 bits per heavy atom. The molecule has 4 nitrogen and oxygen atoms in total. The third-order valence-corrected chi connectivity index (χ3v) is 3.01. The molecule has 0 aliphatic carbocycles. The molecule has 0 spiro atoms. The van der Waals surface area contributed by atoms with Crippen LogP contribution in [0.1, 0.15) is 11.3 Å². The summed E-state index contributed by atoms with van der Waals surface area (Å²) in [6, 6.07) is 7.68. The number of rotatable bonds is 1. The van der Waals surface area contributed by atoms with Crippen LogP contribution >= 0.6 is 0 Å². The van der Waals surface area contributed by atoms with Gasteiger partial charge in [0, 0.05) is 11.8 Å². The van der Waals surface area contributed by atoms with Gasteiger partial charge in [0.15, 0.2) is 5.82 Å². The number of nitrogens with zero attached hydrogens (tertiary/aromatic N) is 2. The summed E-state index contributed by atoms with van der Waals surface area (Å²) in [5, 5.41) is 0.361. The first-order chi connectivity index (χ1) is 9.52. The second-order valence-corrected chi connectivity index (χ2v) is 4.75. The number of fused-ring (bicyclic) bond motifs is 1. The highest BCUT2D eigenvalue weighted by Crippen LogP contribution is 2.17. The molecule has 0 fully saturated rings. The number of hydrogen-bond acceptors (Lipinski definition) is 3. The monoisotopic (exact) mass is 269 g/mol. The number of aryl methyl sites for hydroxylation is 2. The van der Waals surface area contributed by atoms with Gasteiger partial charge < -0.3 is 4.98 Å². The van der Waals surface area contributed by atoms with Crippen molar-refractivity contribution >= 4 is 10.9 Å². The van der Waals surface area contributed by atoms with Crippen LogP contribution in [-0.2, 0) is 0 Å². The van der Waals surface area contributed by atoms with Gasteiger partial charge in [0.1, 0.15) is 11.5 Å². The van der Waals surface area contributed by atoms with Crippen LogP contribution in [0.15, 0.2) is 35.1 Å². The van der Waals surface area contributed by atoms with Gasteiger partial charge in [0.2, 0.25) is 0 Å². The van der Waals surface area contributed by atoms with Gasteiger partial charge in [-0.3, -0.25) is 4.79 Å². The van der Waals surface area contributed by atoms with E-state index < -0.39 is 5.82 Å². The lowest BCUT2D eigenvalue weighted by molar-refractivity contribution is 0.629. The first-order valence-electron chi connectivity index (χ1n) is 6.18. The minimum atomic E-state index is -0.421. The van der Waals surface area contributed by atoms with Crippen LogP contribution < -0.4 is 5.56 Å². The fourth-order valence-corrected chi connectivity index (χ4v) is 2.20. The molecule has 0 amide bonds. The summed E-state index contributed by atoms with van der Waals surface area (Å²) < 4.78 is 13.3. The van der Waals surface area contributed by atoms with Crippen LogP contribution in [0.4, 0.5) is 4.39 Å². The summed E-state index contributed by atoms with van der Waals surface area (Å²) in [4.78, 5) is 23.3. The van der Waals surface area contributed by atoms with Gasteiger partial charge in [-0.05, 0) is 43.7 Å². The van der Waals surface area contributed by atoms with Gasteiger partial charge in [0.05, 0.1) is 10.9 Å². The predicted molar refractivity (Wildman–Crippen MR) is 75.0 cm³/mol. The minimum absolute atomic E-state index is 0.300. The summed E-state index contributed by atoms with van der Waals surface area (Å²) >= 11 is 0. The van der Waals surface area contributed by atoms with Crippen LogP contribution in [0.2, 0.25) is 0 Å². The normalized spacial score (nSPS) is 10.9. The molecule has 0 aliphatic heterocycles. The number of aromatic nitrogens is 3. The van der Waals surface area contributed by atoms with Crippen molar-refractivity contribution in [2.75, 3.05) is 0 Å². The molecule has 2 aromatic heterocycles. The molecule has 1 N–H and O–H groups in total. The van der Waals surface area contributed by atoms with Gasteiger partial charge in [0.25, 0.3) is 5.56 Å². The molecular formula is C15H12FN3O. The largest absolute Gasteiger partial charge is 0.305 e. The quantitative estimate of drug-likeness (QED) is 0.739. The fourth-order valence-electron chi connectivity index (χ4n) is 2.20. The van der Waals surface area contributed by atoms with E-state index in [9.17, 15) is 9.18 Å². The summed E-state index contributed by atoms with van der Waals surface area (Å²) in [7, 11) is 0. The highest BCUT2D eigenvalue weighted by molar-refractivity contribution is 5.79. The molecule has 2 heterocycles. The highest BCUT2D eigenvalue weighted by Gasteiger charge is 2.08. The Bertz CT molecular complexity index is 850. The molecule has 0 atom stereocenters. The average molecular weight is 269 g/mol. The topological polar surface area (TPSA) is 58.6 Å². The number of H-pyrrole nitrogens is 1. The molecule has 0 bridgehead atoms. The number of pyridine rings is 1. The summed E-state index contributed by atoms with van der Waals surface area (Å²) in [6.07, 6.45) is 0. The Hall–Kier alpha value is -2.56. The summed E-state index contributed by atoms with van der Waals surface area (Å²) in [5.41, 5.74) is 2.46. The molecule has 3 aromatic rings. The van der Waals surface area contributed by atoms with Gasteiger partial charge in [-0.2, -0.15) is 0 Å². The van der Waals surface area contributed by atoms with Crippen molar-refractivity contribution in [3.8, 4) is 11.5 Å².